The van der Waals surface area contributed by atoms with Gasteiger partial charge in [-0.1, -0.05) is 6.07 Å². The molecule has 0 atom stereocenters. The molecule has 0 aliphatic carbocycles. The van der Waals surface area contributed by atoms with Gasteiger partial charge in [0.05, 0.1) is 13.1 Å². The Morgan fingerprint density at radius 3 is 2.43 bits per heavy atom. The van der Waals surface area contributed by atoms with E-state index in [4.69, 9.17) is 0 Å². The molecule has 1 aliphatic rings. The van der Waals surface area contributed by atoms with Gasteiger partial charge in [-0.05, 0) is 23.8 Å². The number of imidazole rings is 1. The lowest BCUT2D eigenvalue weighted by atomic mass is 10.2. The predicted molar refractivity (Wildman–Crippen MR) is 113 cm³/mol. The topological polar surface area (TPSA) is 112 Å². The number of aromatic nitrogens is 3. The number of nitrogens with one attached hydrogen (secondary N) is 1. The zero-order valence-corrected chi connectivity index (χ0v) is 18.9. The SMILES string of the molecule is O=C(NCc1cnc(N2CCN(S(=O)(=O)C(F)(F)F)C=N2)c(F)c1)c1c(C(F)(F)F)nc2ccccn12. The highest BCUT2D eigenvalue weighted by molar-refractivity contribution is 7.90. The third kappa shape index (κ3) is 5.00. The van der Waals surface area contributed by atoms with Gasteiger partial charge in [-0.25, -0.2) is 23.7 Å². The summed E-state index contributed by atoms with van der Waals surface area (Å²) in [7, 11) is -5.66. The Hall–Kier alpha value is -3.96. The Morgan fingerprint density at radius 2 is 1.84 bits per heavy atom. The highest BCUT2D eigenvalue weighted by atomic mass is 32.2. The molecule has 4 rings (SSSR count). The van der Waals surface area contributed by atoms with Crippen molar-refractivity contribution in [2.75, 3.05) is 18.1 Å². The van der Waals surface area contributed by atoms with E-state index < -0.39 is 70.3 Å². The van der Waals surface area contributed by atoms with Crippen LogP contribution in [0.5, 0.6) is 0 Å². The van der Waals surface area contributed by atoms with Crippen LogP contribution in [0.2, 0.25) is 0 Å². The molecule has 10 nitrogen and oxygen atoms in total. The second-order valence-electron chi connectivity index (χ2n) is 7.48. The van der Waals surface area contributed by atoms with Crippen molar-refractivity contribution in [3.63, 3.8) is 0 Å². The quantitative estimate of drug-likeness (QED) is 0.487. The van der Waals surface area contributed by atoms with Crippen LogP contribution in [-0.4, -0.2) is 57.9 Å². The highest BCUT2D eigenvalue weighted by Crippen LogP contribution is 2.32. The van der Waals surface area contributed by atoms with Crippen molar-refractivity contribution in [2.45, 2.75) is 18.2 Å². The number of amides is 1. The van der Waals surface area contributed by atoms with E-state index >= 15 is 0 Å². The van der Waals surface area contributed by atoms with Crippen molar-refractivity contribution in [3.8, 4) is 0 Å². The van der Waals surface area contributed by atoms with E-state index in [-0.39, 0.29) is 15.5 Å². The first-order chi connectivity index (χ1) is 17.2. The van der Waals surface area contributed by atoms with Crippen LogP contribution in [0.1, 0.15) is 21.7 Å². The molecule has 1 aliphatic heterocycles. The van der Waals surface area contributed by atoms with Gasteiger partial charge in [0.25, 0.3) is 5.91 Å². The number of hydrogen-bond donors (Lipinski definition) is 1. The van der Waals surface area contributed by atoms with Crippen LogP contribution in [0.3, 0.4) is 0 Å². The van der Waals surface area contributed by atoms with E-state index in [0.717, 1.165) is 21.7 Å². The first-order valence-electron chi connectivity index (χ1n) is 10.1. The van der Waals surface area contributed by atoms with Crippen molar-refractivity contribution >= 4 is 33.7 Å². The Balaban J connectivity index is 1.49. The van der Waals surface area contributed by atoms with Crippen molar-refractivity contribution in [1.29, 1.82) is 0 Å². The maximum Gasteiger partial charge on any atom is 0.516 e. The molecule has 3 aromatic rings. The fourth-order valence-electron chi connectivity index (χ4n) is 3.34. The van der Waals surface area contributed by atoms with Crippen molar-refractivity contribution in [1.82, 2.24) is 24.0 Å². The monoisotopic (exact) mass is 553 g/mol. The van der Waals surface area contributed by atoms with Gasteiger partial charge in [-0.15, -0.1) is 0 Å². The van der Waals surface area contributed by atoms with Crippen LogP contribution < -0.4 is 10.3 Å². The Labute approximate surface area is 203 Å². The molecule has 0 aromatic carbocycles. The normalized spacial score (nSPS) is 14.9. The third-order valence-electron chi connectivity index (χ3n) is 5.04. The Bertz CT molecular complexity index is 1490. The average molecular weight is 553 g/mol. The molecule has 4 heterocycles. The molecular weight excluding hydrogens is 539 g/mol. The number of hydrazone groups is 1. The van der Waals surface area contributed by atoms with E-state index in [2.05, 4.69) is 20.4 Å². The molecule has 0 bridgehead atoms. The second-order valence-corrected chi connectivity index (χ2v) is 9.36. The number of alkyl halides is 6. The summed E-state index contributed by atoms with van der Waals surface area (Å²) in [4.78, 5) is 19.8. The molecule has 1 N–H and O–H groups in total. The maximum atomic E-state index is 14.6. The number of pyridine rings is 2. The fraction of sp³-hybridized carbons (Fsp3) is 0.263. The van der Waals surface area contributed by atoms with Gasteiger partial charge in [-0.3, -0.25) is 9.20 Å². The number of anilines is 1. The number of sulfonamides is 1. The van der Waals surface area contributed by atoms with Crippen LogP contribution in [0, 0.1) is 5.82 Å². The Morgan fingerprint density at radius 1 is 1.11 bits per heavy atom. The van der Waals surface area contributed by atoms with E-state index in [9.17, 15) is 43.9 Å². The molecule has 18 heteroatoms. The number of halogens is 7. The van der Waals surface area contributed by atoms with Gasteiger partial charge in [0.15, 0.2) is 17.3 Å². The summed E-state index contributed by atoms with van der Waals surface area (Å²) in [5.74, 6) is -2.61. The van der Waals surface area contributed by atoms with Crippen LogP contribution in [-0.2, 0) is 22.7 Å². The highest BCUT2D eigenvalue weighted by Gasteiger charge is 2.50. The van der Waals surface area contributed by atoms with Gasteiger partial charge in [0.1, 0.15) is 17.7 Å². The number of fused-ring (bicyclic) bond motifs is 1. The van der Waals surface area contributed by atoms with Gasteiger partial charge in [0, 0.05) is 18.9 Å². The number of carbonyl (C=O) groups excluding carboxylic acids is 1. The summed E-state index contributed by atoms with van der Waals surface area (Å²) in [5, 5.41) is 6.55. The zero-order valence-electron chi connectivity index (χ0n) is 18.1. The molecule has 37 heavy (non-hydrogen) atoms. The number of hydrogen-bond acceptors (Lipinski definition) is 7. The predicted octanol–water partition coefficient (Wildman–Crippen LogP) is 2.73. The van der Waals surface area contributed by atoms with E-state index in [1.165, 1.54) is 24.4 Å². The summed E-state index contributed by atoms with van der Waals surface area (Å²) < 4.78 is 117. The maximum absolute atomic E-state index is 14.6. The Kier molecular flexibility index (Phi) is 6.47. The molecule has 1 amide bonds. The fourth-order valence-corrected chi connectivity index (χ4v) is 4.09. The van der Waals surface area contributed by atoms with Crippen molar-refractivity contribution in [3.05, 3.63) is 59.4 Å². The van der Waals surface area contributed by atoms with Crippen LogP contribution in [0.4, 0.5) is 36.6 Å². The van der Waals surface area contributed by atoms with Gasteiger partial charge < -0.3 is 5.32 Å². The molecule has 0 spiro atoms. The van der Waals surface area contributed by atoms with Crippen molar-refractivity contribution in [2.24, 2.45) is 5.10 Å². The van der Waals surface area contributed by atoms with E-state index in [0.29, 0.717) is 6.34 Å². The smallest absolute Gasteiger partial charge is 0.347 e. The molecular formula is C19H14F7N7O3S. The van der Waals surface area contributed by atoms with Crippen molar-refractivity contribution < 1.29 is 43.9 Å². The first-order valence-corrected chi connectivity index (χ1v) is 11.5. The summed E-state index contributed by atoms with van der Waals surface area (Å²) >= 11 is 0. The number of carbonyl (C=O) groups is 1. The van der Waals surface area contributed by atoms with Crippen LogP contribution >= 0.6 is 0 Å². The summed E-state index contributed by atoms with van der Waals surface area (Å²) in [5.41, 5.74) is -7.78. The van der Waals surface area contributed by atoms with Gasteiger partial charge >= 0.3 is 21.7 Å². The minimum absolute atomic E-state index is 0.0410. The number of nitrogens with zero attached hydrogens (tertiary/aromatic N) is 6. The first kappa shape index (κ1) is 26.1. The summed E-state index contributed by atoms with van der Waals surface area (Å²) in [6.07, 6.45) is -2.26. The molecule has 0 saturated heterocycles. The standard InChI is InChI=1S/C19H14F7N7O3S/c20-12-7-11(8-27-16(12)33-6-5-31(10-29-33)37(35,36)19(24,25)26)9-28-17(34)14-15(18(21,22)23)30-13-3-1-2-4-32(13)14/h1-4,7-8,10H,5-6,9H2,(H,28,34). The molecule has 0 fully saturated rings. The molecule has 0 unspecified atom stereocenters. The largest absolute Gasteiger partial charge is 0.516 e. The lowest BCUT2D eigenvalue weighted by Crippen LogP contribution is -2.46. The van der Waals surface area contributed by atoms with Crippen LogP contribution in [0.15, 0.2) is 41.8 Å². The lowest BCUT2D eigenvalue weighted by Gasteiger charge is -2.29. The molecule has 0 radical (unpaired) electrons. The lowest BCUT2D eigenvalue weighted by molar-refractivity contribution is -0.141. The van der Waals surface area contributed by atoms with Gasteiger partial charge in [0.2, 0.25) is 0 Å². The van der Waals surface area contributed by atoms with Crippen LogP contribution in [0.25, 0.3) is 5.65 Å². The number of rotatable bonds is 5. The minimum atomic E-state index is -5.66. The summed E-state index contributed by atoms with van der Waals surface area (Å²) in [6, 6.07) is 5.02. The molecule has 3 aromatic heterocycles. The zero-order chi connectivity index (χ0) is 27.2. The third-order valence-corrected chi connectivity index (χ3v) is 6.52. The minimum Gasteiger partial charge on any atom is -0.347 e. The van der Waals surface area contributed by atoms with E-state index in [1.54, 1.807) is 0 Å². The molecule has 0 saturated carbocycles. The van der Waals surface area contributed by atoms with E-state index in [1.807, 2.05) is 0 Å². The van der Waals surface area contributed by atoms with Gasteiger partial charge in [-0.2, -0.15) is 39.9 Å². The molecule has 198 valence electrons. The average Bonchev–Trinajstić information content (AvgIpc) is 3.22. The second kappa shape index (κ2) is 9.16. The summed E-state index contributed by atoms with van der Waals surface area (Å²) in [6.45, 7) is -1.58.